The van der Waals surface area contributed by atoms with Gasteiger partial charge in [0, 0.05) is 17.8 Å². The van der Waals surface area contributed by atoms with Crippen molar-refractivity contribution in [1.29, 1.82) is 0 Å². The van der Waals surface area contributed by atoms with Crippen LogP contribution in [0.4, 0.5) is 0 Å². The summed E-state index contributed by atoms with van der Waals surface area (Å²) in [4.78, 5) is 3.39. The maximum Gasteiger partial charge on any atom is 0.0193 e. The van der Waals surface area contributed by atoms with Crippen molar-refractivity contribution in [3.63, 3.8) is 0 Å². The molecular formula is C16H15N. The molecule has 0 fully saturated rings. The second-order valence-corrected chi connectivity index (χ2v) is 4.48. The summed E-state index contributed by atoms with van der Waals surface area (Å²) >= 11 is 0. The van der Waals surface area contributed by atoms with Gasteiger partial charge in [-0.2, -0.15) is 0 Å². The van der Waals surface area contributed by atoms with Crippen LogP contribution < -0.4 is 0 Å². The summed E-state index contributed by atoms with van der Waals surface area (Å²) in [6.07, 6.45) is 0.967. The van der Waals surface area contributed by atoms with Gasteiger partial charge in [0.05, 0.1) is 0 Å². The number of fused-ring (bicyclic) bond motifs is 1. The van der Waals surface area contributed by atoms with Gasteiger partial charge < -0.3 is 4.98 Å². The molecule has 3 aromatic rings. The molecule has 84 valence electrons. The van der Waals surface area contributed by atoms with E-state index in [2.05, 4.69) is 66.5 Å². The topological polar surface area (TPSA) is 15.8 Å². The van der Waals surface area contributed by atoms with Gasteiger partial charge in [-0.3, -0.25) is 0 Å². The maximum atomic E-state index is 3.39. The lowest BCUT2D eigenvalue weighted by molar-refractivity contribution is 1.09. The van der Waals surface area contributed by atoms with Gasteiger partial charge in [-0.15, -0.1) is 0 Å². The number of benzene rings is 2. The summed E-state index contributed by atoms with van der Waals surface area (Å²) in [6, 6.07) is 19.3. The van der Waals surface area contributed by atoms with Crippen LogP contribution in [-0.4, -0.2) is 4.98 Å². The average molecular weight is 221 g/mol. The van der Waals surface area contributed by atoms with E-state index in [4.69, 9.17) is 0 Å². The van der Waals surface area contributed by atoms with E-state index >= 15 is 0 Å². The van der Waals surface area contributed by atoms with E-state index in [1.807, 2.05) is 0 Å². The lowest BCUT2D eigenvalue weighted by Crippen LogP contribution is -1.90. The molecule has 0 spiro atoms. The number of hydrogen-bond donors (Lipinski definition) is 1. The van der Waals surface area contributed by atoms with Gasteiger partial charge in [-0.05, 0) is 35.4 Å². The SMILES string of the molecule is Cc1ccc(Cc2cccc3ccccc23)[nH]1. The van der Waals surface area contributed by atoms with Crippen LogP contribution in [-0.2, 0) is 6.42 Å². The standard InChI is InChI=1S/C16H15N/c1-12-9-10-15(17-12)11-14-7-4-6-13-5-2-3-8-16(13)14/h2-10,17H,11H2,1H3. The minimum atomic E-state index is 0.967. The second-order valence-electron chi connectivity index (χ2n) is 4.48. The van der Waals surface area contributed by atoms with Crippen LogP contribution in [0.25, 0.3) is 10.8 Å². The lowest BCUT2D eigenvalue weighted by atomic mass is 10.0. The Morgan fingerprint density at radius 2 is 1.71 bits per heavy atom. The summed E-state index contributed by atoms with van der Waals surface area (Å²) in [6.45, 7) is 2.09. The monoisotopic (exact) mass is 221 g/mol. The third kappa shape index (κ3) is 1.96. The molecule has 1 nitrogen and oxygen atoms in total. The van der Waals surface area contributed by atoms with E-state index in [1.54, 1.807) is 0 Å². The van der Waals surface area contributed by atoms with Crippen molar-refractivity contribution in [2.45, 2.75) is 13.3 Å². The number of hydrogen-bond acceptors (Lipinski definition) is 0. The Hall–Kier alpha value is -2.02. The van der Waals surface area contributed by atoms with Crippen LogP contribution in [0.2, 0.25) is 0 Å². The van der Waals surface area contributed by atoms with Crippen LogP contribution in [0, 0.1) is 6.92 Å². The Morgan fingerprint density at radius 3 is 2.53 bits per heavy atom. The average Bonchev–Trinajstić information content (AvgIpc) is 2.75. The maximum absolute atomic E-state index is 3.39. The molecule has 17 heavy (non-hydrogen) atoms. The van der Waals surface area contributed by atoms with E-state index in [-0.39, 0.29) is 0 Å². The summed E-state index contributed by atoms with van der Waals surface area (Å²) in [5.41, 5.74) is 3.88. The fourth-order valence-electron chi connectivity index (χ4n) is 2.32. The molecule has 2 aromatic carbocycles. The van der Waals surface area contributed by atoms with E-state index in [0.717, 1.165) is 6.42 Å². The largest absolute Gasteiger partial charge is 0.362 e. The molecule has 1 heterocycles. The van der Waals surface area contributed by atoms with Crippen LogP contribution in [0.5, 0.6) is 0 Å². The van der Waals surface area contributed by atoms with Gasteiger partial charge in [0.25, 0.3) is 0 Å². The fourth-order valence-corrected chi connectivity index (χ4v) is 2.32. The van der Waals surface area contributed by atoms with Crippen molar-refractivity contribution in [3.8, 4) is 0 Å². The third-order valence-corrected chi connectivity index (χ3v) is 3.15. The third-order valence-electron chi connectivity index (χ3n) is 3.15. The summed E-state index contributed by atoms with van der Waals surface area (Å²) < 4.78 is 0. The zero-order chi connectivity index (χ0) is 11.7. The van der Waals surface area contributed by atoms with Crippen molar-refractivity contribution in [2.24, 2.45) is 0 Å². The molecule has 1 aromatic heterocycles. The number of aromatic nitrogens is 1. The Morgan fingerprint density at radius 1 is 0.882 bits per heavy atom. The second kappa shape index (κ2) is 4.10. The summed E-state index contributed by atoms with van der Waals surface area (Å²) in [5, 5.41) is 2.66. The first-order valence-electron chi connectivity index (χ1n) is 5.94. The molecule has 0 aliphatic rings. The minimum Gasteiger partial charge on any atom is -0.362 e. The van der Waals surface area contributed by atoms with Crippen LogP contribution >= 0.6 is 0 Å². The highest BCUT2D eigenvalue weighted by Crippen LogP contribution is 2.20. The van der Waals surface area contributed by atoms with Crippen molar-refractivity contribution >= 4 is 10.8 Å². The Balaban J connectivity index is 2.05. The Kier molecular flexibility index (Phi) is 2.45. The van der Waals surface area contributed by atoms with Gasteiger partial charge in [0.2, 0.25) is 0 Å². The van der Waals surface area contributed by atoms with Gasteiger partial charge in [-0.1, -0.05) is 42.5 Å². The molecular weight excluding hydrogens is 206 g/mol. The highest BCUT2D eigenvalue weighted by atomic mass is 14.7. The van der Waals surface area contributed by atoms with E-state index in [0.29, 0.717) is 0 Å². The Labute approximate surface area is 101 Å². The molecule has 3 rings (SSSR count). The zero-order valence-corrected chi connectivity index (χ0v) is 9.90. The van der Waals surface area contributed by atoms with Crippen LogP contribution in [0.15, 0.2) is 54.6 Å². The first-order chi connectivity index (χ1) is 8.33. The highest BCUT2D eigenvalue weighted by Gasteiger charge is 2.02. The molecule has 0 unspecified atom stereocenters. The molecule has 0 radical (unpaired) electrons. The number of rotatable bonds is 2. The van der Waals surface area contributed by atoms with E-state index in [1.165, 1.54) is 27.7 Å². The van der Waals surface area contributed by atoms with Gasteiger partial charge in [0.15, 0.2) is 0 Å². The number of nitrogens with one attached hydrogen (secondary N) is 1. The molecule has 1 heteroatoms. The molecule has 0 atom stereocenters. The highest BCUT2D eigenvalue weighted by molar-refractivity contribution is 5.85. The van der Waals surface area contributed by atoms with E-state index < -0.39 is 0 Å². The molecule has 0 amide bonds. The zero-order valence-electron chi connectivity index (χ0n) is 9.90. The van der Waals surface area contributed by atoms with Crippen LogP contribution in [0.1, 0.15) is 17.0 Å². The normalized spacial score (nSPS) is 10.9. The molecule has 0 aliphatic carbocycles. The number of H-pyrrole nitrogens is 1. The molecule has 0 bridgehead atoms. The molecule has 0 saturated carbocycles. The first-order valence-corrected chi connectivity index (χ1v) is 5.94. The smallest absolute Gasteiger partial charge is 0.0193 e. The number of aryl methyl sites for hydroxylation is 1. The van der Waals surface area contributed by atoms with Gasteiger partial charge >= 0.3 is 0 Å². The quantitative estimate of drug-likeness (QED) is 0.671. The predicted octanol–water partition coefficient (Wildman–Crippen LogP) is 4.07. The molecule has 0 saturated heterocycles. The number of aromatic amines is 1. The van der Waals surface area contributed by atoms with Crippen molar-refractivity contribution in [2.75, 3.05) is 0 Å². The summed E-state index contributed by atoms with van der Waals surface area (Å²) in [7, 11) is 0. The van der Waals surface area contributed by atoms with Crippen LogP contribution in [0.3, 0.4) is 0 Å². The Bertz CT molecular complexity index is 644. The first kappa shape index (κ1) is 10.2. The van der Waals surface area contributed by atoms with Gasteiger partial charge in [0.1, 0.15) is 0 Å². The summed E-state index contributed by atoms with van der Waals surface area (Å²) in [5.74, 6) is 0. The van der Waals surface area contributed by atoms with Crippen molar-refractivity contribution in [3.05, 3.63) is 71.5 Å². The predicted molar refractivity (Wildman–Crippen MR) is 72.3 cm³/mol. The van der Waals surface area contributed by atoms with Gasteiger partial charge in [-0.25, -0.2) is 0 Å². The van der Waals surface area contributed by atoms with Crippen molar-refractivity contribution < 1.29 is 0 Å². The molecule has 1 N–H and O–H groups in total. The van der Waals surface area contributed by atoms with E-state index in [9.17, 15) is 0 Å². The van der Waals surface area contributed by atoms with Crippen molar-refractivity contribution in [1.82, 2.24) is 4.98 Å². The lowest BCUT2D eigenvalue weighted by Gasteiger charge is -2.05. The fraction of sp³-hybridized carbons (Fsp3) is 0.125. The molecule has 0 aliphatic heterocycles. The minimum absolute atomic E-state index is 0.967.